The Hall–Kier alpha value is -1.93. The van der Waals surface area contributed by atoms with Crippen LogP contribution in [-0.2, 0) is 15.3 Å². The highest BCUT2D eigenvalue weighted by Crippen LogP contribution is 2.31. The van der Waals surface area contributed by atoms with E-state index in [1.165, 1.54) is 6.07 Å². The number of sulfone groups is 1. The highest BCUT2D eigenvalue weighted by atomic mass is 35.5. The SMILES string of the molecule is CC(C)(C)c1cc(NC(=O)c2ccc(F)cc2Cl)n([C@@H]2CCS(=O)(=O)C2)n1. The fourth-order valence-electron chi connectivity index (χ4n) is 2.96. The minimum Gasteiger partial charge on any atom is -0.307 e. The second-order valence-corrected chi connectivity index (χ2v) is 10.4. The molecule has 0 saturated carbocycles. The summed E-state index contributed by atoms with van der Waals surface area (Å²) in [6, 6.07) is 4.92. The lowest BCUT2D eigenvalue weighted by atomic mass is 9.92. The summed E-state index contributed by atoms with van der Waals surface area (Å²) in [5, 5.41) is 7.30. The molecule has 146 valence electrons. The lowest BCUT2D eigenvalue weighted by Crippen LogP contribution is -2.20. The largest absolute Gasteiger partial charge is 0.307 e. The normalized spacial score (nSPS) is 19.2. The highest BCUT2D eigenvalue weighted by Gasteiger charge is 2.33. The Bertz CT molecular complexity index is 996. The van der Waals surface area contributed by atoms with Crippen LogP contribution in [0, 0.1) is 5.82 Å². The summed E-state index contributed by atoms with van der Waals surface area (Å²) in [6.07, 6.45) is 0.438. The number of rotatable bonds is 3. The summed E-state index contributed by atoms with van der Waals surface area (Å²) in [5.74, 6) is -0.569. The molecule has 0 radical (unpaired) electrons. The Labute approximate surface area is 162 Å². The third kappa shape index (κ3) is 4.32. The molecule has 1 N–H and O–H groups in total. The van der Waals surface area contributed by atoms with E-state index in [1.54, 1.807) is 10.7 Å². The summed E-state index contributed by atoms with van der Waals surface area (Å²) in [4.78, 5) is 12.6. The Morgan fingerprint density at radius 3 is 2.59 bits per heavy atom. The molecule has 0 unspecified atom stereocenters. The first kappa shape index (κ1) is 19.8. The van der Waals surface area contributed by atoms with Crippen molar-refractivity contribution in [3.63, 3.8) is 0 Å². The molecule has 0 bridgehead atoms. The van der Waals surface area contributed by atoms with Gasteiger partial charge in [-0.15, -0.1) is 0 Å². The zero-order chi connectivity index (χ0) is 20.0. The number of anilines is 1. The number of amides is 1. The first-order valence-electron chi connectivity index (χ1n) is 8.53. The summed E-state index contributed by atoms with van der Waals surface area (Å²) in [6.45, 7) is 5.94. The van der Waals surface area contributed by atoms with E-state index in [4.69, 9.17) is 11.6 Å². The number of nitrogens with zero attached hydrogens (tertiary/aromatic N) is 2. The van der Waals surface area contributed by atoms with Crippen LogP contribution in [0.3, 0.4) is 0 Å². The summed E-state index contributed by atoms with van der Waals surface area (Å²) >= 11 is 5.97. The lowest BCUT2D eigenvalue weighted by molar-refractivity contribution is 0.102. The quantitative estimate of drug-likeness (QED) is 0.833. The standard InChI is InChI=1S/C18H21ClFN3O3S/c1-18(2,3)15-9-16(23(22-15)12-6-7-27(25,26)10-12)21-17(24)13-5-4-11(20)8-14(13)19/h4-5,8-9,12H,6-7,10H2,1-3H3,(H,21,24)/t12-/m1/s1. The van der Waals surface area contributed by atoms with Crippen molar-refractivity contribution < 1.29 is 17.6 Å². The Kier molecular flexibility index (Phi) is 5.07. The molecule has 1 aromatic heterocycles. The molecule has 0 spiro atoms. The van der Waals surface area contributed by atoms with Gasteiger partial charge in [0.15, 0.2) is 9.84 Å². The van der Waals surface area contributed by atoms with Gasteiger partial charge >= 0.3 is 0 Å². The zero-order valence-corrected chi connectivity index (χ0v) is 16.9. The number of benzene rings is 1. The number of carbonyl (C=O) groups is 1. The van der Waals surface area contributed by atoms with Crippen LogP contribution in [0.15, 0.2) is 24.3 Å². The highest BCUT2D eigenvalue weighted by molar-refractivity contribution is 7.91. The van der Waals surface area contributed by atoms with Gasteiger partial charge in [-0.3, -0.25) is 4.79 Å². The van der Waals surface area contributed by atoms with Gasteiger partial charge in [-0.1, -0.05) is 32.4 Å². The molecule has 1 amide bonds. The van der Waals surface area contributed by atoms with E-state index in [0.29, 0.717) is 12.2 Å². The maximum absolute atomic E-state index is 13.2. The van der Waals surface area contributed by atoms with Crippen molar-refractivity contribution >= 4 is 33.2 Å². The van der Waals surface area contributed by atoms with Crippen LogP contribution in [0.25, 0.3) is 0 Å². The molecule has 6 nitrogen and oxygen atoms in total. The van der Waals surface area contributed by atoms with E-state index in [-0.39, 0.29) is 33.5 Å². The third-order valence-electron chi connectivity index (χ3n) is 4.48. The van der Waals surface area contributed by atoms with Crippen LogP contribution in [-0.4, -0.2) is 35.6 Å². The number of hydrogen-bond acceptors (Lipinski definition) is 4. The molecule has 0 aliphatic carbocycles. The third-order valence-corrected chi connectivity index (χ3v) is 6.54. The fourth-order valence-corrected chi connectivity index (χ4v) is 4.90. The van der Waals surface area contributed by atoms with E-state index >= 15 is 0 Å². The van der Waals surface area contributed by atoms with Gasteiger partial charge in [-0.05, 0) is 24.6 Å². The number of hydrogen-bond donors (Lipinski definition) is 1. The molecule has 27 heavy (non-hydrogen) atoms. The predicted molar refractivity (Wildman–Crippen MR) is 103 cm³/mol. The van der Waals surface area contributed by atoms with Crippen molar-refractivity contribution in [2.45, 2.75) is 38.6 Å². The fraction of sp³-hybridized carbons (Fsp3) is 0.444. The lowest BCUT2D eigenvalue weighted by Gasteiger charge is -2.15. The smallest absolute Gasteiger partial charge is 0.258 e. The second kappa shape index (κ2) is 6.91. The van der Waals surface area contributed by atoms with Crippen LogP contribution in [0.1, 0.15) is 49.3 Å². The van der Waals surface area contributed by atoms with Crippen LogP contribution < -0.4 is 5.32 Å². The van der Waals surface area contributed by atoms with Crippen molar-refractivity contribution in [2.75, 3.05) is 16.8 Å². The van der Waals surface area contributed by atoms with Crippen molar-refractivity contribution in [1.82, 2.24) is 9.78 Å². The van der Waals surface area contributed by atoms with E-state index in [0.717, 1.165) is 17.8 Å². The van der Waals surface area contributed by atoms with Crippen LogP contribution in [0.2, 0.25) is 5.02 Å². The van der Waals surface area contributed by atoms with Gasteiger partial charge in [0.2, 0.25) is 0 Å². The van der Waals surface area contributed by atoms with Crippen LogP contribution in [0.4, 0.5) is 10.2 Å². The number of nitrogens with one attached hydrogen (secondary N) is 1. The second-order valence-electron chi connectivity index (χ2n) is 7.74. The monoisotopic (exact) mass is 413 g/mol. The minimum atomic E-state index is -3.12. The maximum Gasteiger partial charge on any atom is 0.258 e. The van der Waals surface area contributed by atoms with Gasteiger partial charge in [0.25, 0.3) is 5.91 Å². The molecule has 2 aromatic rings. The van der Waals surface area contributed by atoms with Gasteiger partial charge in [0.1, 0.15) is 11.6 Å². The molecule has 2 heterocycles. The van der Waals surface area contributed by atoms with E-state index < -0.39 is 21.6 Å². The average Bonchev–Trinajstić information content (AvgIpc) is 3.10. The summed E-state index contributed by atoms with van der Waals surface area (Å²) in [5.41, 5.74) is 0.574. The van der Waals surface area contributed by atoms with Gasteiger partial charge in [-0.2, -0.15) is 5.10 Å². The van der Waals surface area contributed by atoms with Crippen molar-refractivity contribution in [2.24, 2.45) is 0 Å². The first-order valence-corrected chi connectivity index (χ1v) is 10.7. The Morgan fingerprint density at radius 2 is 2.04 bits per heavy atom. The molecule has 1 saturated heterocycles. The predicted octanol–water partition coefficient (Wildman–Crippen LogP) is 3.59. The topological polar surface area (TPSA) is 81.1 Å². The number of aromatic nitrogens is 2. The molecule has 1 aliphatic heterocycles. The molecule has 1 fully saturated rings. The van der Waals surface area contributed by atoms with Crippen molar-refractivity contribution in [1.29, 1.82) is 0 Å². The van der Waals surface area contributed by atoms with E-state index in [2.05, 4.69) is 10.4 Å². The van der Waals surface area contributed by atoms with Crippen LogP contribution in [0.5, 0.6) is 0 Å². The summed E-state index contributed by atoms with van der Waals surface area (Å²) < 4.78 is 38.5. The van der Waals surface area contributed by atoms with Crippen LogP contribution >= 0.6 is 11.6 Å². The van der Waals surface area contributed by atoms with Crippen molar-refractivity contribution in [3.8, 4) is 0 Å². The Balaban J connectivity index is 1.96. The van der Waals surface area contributed by atoms with Gasteiger partial charge in [0.05, 0.1) is 33.8 Å². The summed E-state index contributed by atoms with van der Waals surface area (Å²) in [7, 11) is -3.12. The molecule has 1 aliphatic rings. The average molecular weight is 414 g/mol. The molecule has 1 aromatic carbocycles. The van der Waals surface area contributed by atoms with Gasteiger partial charge in [0, 0.05) is 11.5 Å². The molecule has 3 rings (SSSR count). The minimum absolute atomic E-state index is 0.00180. The molecular formula is C18H21ClFN3O3S. The molecule has 1 atom stereocenters. The van der Waals surface area contributed by atoms with E-state index in [9.17, 15) is 17.6 Å². The zero-order valence-electron chi connectivity index (χ0n) is 15.3. The van der Waals surface area contributed by atoms with E-state index in [1.807, 2.05) is 20.8 Å². The van der Waals surface area contributed by atoms with Crippen molar-refractivity contribution in [3.05, 3.63) is 46.4 Å². The number of carbonyl (C=O) groups excluding carboxylic acids is 1. The molecule has 9 heteroatoms. The number of halogens is 2. The maximum atomic E-state index is 13.2. The van der Waals surface area contributed by atoms with Gasteiger partial charge < -0.3 is 5.32 Å². The molecular weight excluding hydrogens is 393 g/mol. The Morgan fingerprint density at radius 1 is 1.33 bits per heavy atom. The first-order chi connectivity index (χ1) is 12.5. The van der Waals surface area contributed by atoms with Gasteiger partial charge in [-0.25, -0.2) is 17.5 Å².